The summed E-state index contributed by atoms with van der Waals surface area (Å²) in [6.45, 7) is 6.46. The molecular weight excluding hydrogens is 394 g/mol. The fourth-order valence-corrected chi connectivity index (χ4v) is 4.15. The molecule has 0 radical (unpaired) electrons. The molecule has 1 N–H and O–H groups in total. The van der Waals surface area contributed by atoms with Crippen LogP contribution in [0.5, 0.6) is 0 Å². The fraction of sp³-hybridized carbons (Fsp3) is 0.474. The Morgan fingerprint density at radius 2 is 2.07 bits per heavy atom. The molecule has 1 aliphatic rings. The average Bonchev–Trinajstić information content (AvgIpc) is 3.06. The summed E-state index contributed by atoms with van der Waals surface area (Å²) in [7, 11) is 3.56. The molecule has 156 valence electrons. The maximum absolute atomic E-state index is 12.8. The Balaban J connectivity index is 1.72. The Morgan fingerprint density at radius 1 is 1.38 bits per heavy atom. The molecule has 2 heterocycles. The van der Waals surface area contributed by atoms with Gasteiger partial charge in [0, 0.05) is 56.9 Å². The monoisotopic (exact) mass is 419 g/mol. The zero-order chi connectivity index (χ0) is 21.1. The normalized spacial score (nSPS) is 19.7. The first kappa shape index (κ1) is 21.2. The SMILES string of the molecule is CC1CN(Cc2csc(NC(=O)c3cc([N+](=O)[O-])ccc3N(C)C)n2)CC(C)O1. The standard InChI is InChI=1S/C19H25N5O4S/c1-12-8-23(9-13(2)28-12)10-14-11-29-19(20-14)21-18(25)16-7-15(24(26)27)5-6-17(16)22(3)4/h5-7,11-13H,8-10H2,1-4H3,(H,20,21,25). The number of carbonyl (C=O) groups is 1. The van der Waals surface area contributed by atoms with Crippen LogP contribution in [-0.4, -0.2) is 60.1 Å². The molecule has 1 aliphatic heterocycles. The average molecular weight is 420 g/mol. The van der Waals surface area contributed by atoms with E-state index in [1.165, 1.54) is 23.5 Å². The van der Waals surface area contributed by atoms with Gasteiger partial charge in [-0.2, -0.15) is 0 Å². The minimum Gasteiger partial charge on any atom is -0.377 e. The number of hydrogen-bond donors (Lipinski definition) is 1. The van der Waals surface area contributed by atoms with Crippen molar-refractivity contribution in [1.29, 1.82) is 0 Å². The number of hydrogen-bond acceptors (Lipinski definition) is 8. The van der Waals surface area contributed by atoms with E-state index in [0.717, 1.165) is 18.8 Å². The van der Waals surface area contributed by atoms with Crippen LogP contribution in [0.2, 0.25) is 0 Å². The number of amides is 1. The summed E-state index contributed by atoms with van der Waals surface area (Å²) < 4.78 is 5.75. The Morgan fingerprint density at radius 3 is 2.69 bits per heavy atom. The van der Waals surface area contributed by atoms with Crippen molar-refractivity contribution in [3.8, 4) is 0 Å². The largest absolute Gasteiger partial charge is 0.377 e. The minimum absolute atomic E-state index is 0.129. The lowest BCUT2D eigenvalue weighted by molar-refractivity contribution is -0.384. The maximum atomic E-state index is 12.8. The van der Waals surface area contributed by atoms with Gasteiger partial charge in [-0.3, -0.25) is 25.1 Å². The molecule has 10 heteroatoms. The van der Waals surface area contributed by atoms with Crippen LogP contribution in [0.4, 0.5) is 16.5 Å². The molecule has 2 unspecified atom stereocenters. The second-order valence-corrected chi connectivity index (χ2v) is 8.26. The number of benzene rings is 1. The zero-order valence-corrected chi connectivity index (χ0v) is 17.7. The maximum Gasteiger partial charge on any atom is 0.270 e. The molecular formula is C19H25N5O4S. The zero-order valence-electron chi connectivity index (χ0n) is 16.9. The third-order valence-electron chi connectivity index (χ3n) is 4.57. The number of morpholine rings is 1. The molecule has 0 aliphatic carbocycles. The Bertz CT molecular complexity index is 890. The Labute approximate surface area is 173 Å². The highest BCUT2D eigenvalue weighted by Crippen LogP contribution is 2.26. The van der Waals surface area contributed by atoms with E-state index in [9.17, 15) is 14.9 Å². The molecule has 2 atom stereocenters. The summed E-state index contributed by atoms with van der Waals surface area (Å²) in [5.41, 5.74) is 1.58. The predicted molar refractivity (Wildman–Crippen MR) is 113 cm³/mol. The molecule has 1 saturated heterocycles. The number of carbonyl (C=O) groups excluding carboxylic acids is 1. The van der Waals surface area contributed by atoms with Gasteiger partial charge in [0.1, 0.15) is 0 Å². The molecule has 0 saturated carbocycles. The summed E-state index contributed by atoms with van der Waals surface area (Å²) in [6, 6.07) is 4.24. The van der Waals surface area contributed by atoms with E-state index >= 15 is 0 Å². The third kappa shape index (κ3) is 5.28. The molecule has 1 aromatic carbocycles. The van der Waals surface area contributed by atoms with Gasteiger partial charge in [0.2, 0.25) is 0 Å². The number of nitrogens with zero attached hydrogens (tertiary/aromatic N) is 4. The molecule has 1 fully saturated rings. The number of nitro benzene ring substituents is 1. The van der Waals surface area contributed by atoms with E-state index in [1.54, 1.807) is 25.1 Å². The number of rotatable bonds is 6. The smallest absolute Gasteiger partial charge is 0.270 e. The van der Waals surface area contributed by atoms with Crippen molar-refractivity contribution < 1.29 is 14.5 Å². The number of non-ortho nitro benzene ring substituents is 1. The van der Waals surface area contributed by atoms with Gasteiger partial charge in [0.15, 0.2) is 5.13 Å². The van der Waals surface area contributed by atoms with Crippen molar-refractivity contribution >= 4 is 33.8 Å². The molecule has 1 aromatic heterocycles. The van der Waals surface area contributed by atoms with Crippen LogP contribution in [0.25, 0.3) is 0 Å². The minimum atomic E-state index is -0.512. The molecule has 9 nitrogen and oxygen atoms in total. The number of nitro groups is 1. The number of ether oxygens (including phenoxy) is 1. The van der Waals surface area contributed by atoms with Gasteiger partial charge in [0.25, 0.3) is 11.6 Å². The van der Waals surface area contributed by atoms with E-state index < -0.39 is 10.8 Å². The van der Waals surface area contributed by atoms with E-state index in [4.69, 9.17) is 4.74 Å². The first-order valence-electron chi connectivity index (χ1n) is 9.32. The van der Waals surface area contributed by atoms with Crippen molar-refractivity contribution in [3.63, 3.8) is 0 Å². The van der Waals surface area contributed by atoms with Crippen LogP contribution < -0.4 is 10.2 Å². The highest BCUT2D eigenvalue weighted by atomic mass is 32.1. The van der Waals surface area contributed by atoms with Crippen LogP contribution in [-0.2, 0) is 11.3 Å². The highest BCUT2D eigenvalue weighted by molar-refractivity contribution is 7.14. The first-order valence-corrected chi connectivity index (χ1v) is 10.2. The van der Waals surface area contributed by atoms with Gasteiger partial charge in [-0.15, -0.1) is 11.3 Å². The highest BCUT2D eigenvalue weighted by Gasteiger charge is 2.23. The summed E-state index contributed by atoms with van der Waals surface area (Å²) in [6.07, 6.45) is 0.352. The van der Waals surface area contributed by atoms with Crippen LogP contribution >= 0.6 is 11.3 Å². The van der Waals surface area contributed by atoms with Crippen molar-refractivity contribution in [2.45, 2.75) is 32.6 Å². The van der Waals surface area contributed by atoms with Gasteiger partial charge in [-0.05, 0) is 19.9 Å². The number of anilines is 2. The van der Waals surface area contributed by atoms with Crippen LogP contribution in [0.3, 0.4) is 0 Å². The van der Waals surface area contributed by atoms with E-state index in [-0.39, 0.29) is 23.5 Å². The number of aromatic nitrogens is 1. The lowest BCUT2D eigenvalue weighted by Gasteiger charge is -2.34. The van der Waals surface area contributed by atoms with Crippen LogP contribution in [0.1, 0.15) is 29.9 Å². The van der Waals surface area contributed by atoms with Crippen molar-refractivity contribution in [3.05, 3.63) is 45.0 Å². The first-order chi connectivity index (χ1) is 13.7. The molecule has 2 aromatic rings. The van der Waals surface area contributed by atoms with E-state index in [2.05, 4.69) is 29.0 Å². The predicted octanol–water partition coefficient (Wildman–Crippen LogP) is 2.98. The van der Waals surface area contributed by atoms with Crippen molar-refractivity contribution in [2.75, 3.05) is 37.4 Å². The Hall–Kier alpha value is -2.56. The lowest BCUT2D eigenvalue weighted by atomic mass is 10.1. The van der Waals surface area contributed by atoms with Crippen LogP contribution in [0, 0.1) is 10.1 Å². The molecule has 29 heavy (non-hydrogen) atoms. The van der Waals surface area contributed by atoms with E-state index in [1.807, 2.05) is 5.38 Å². The van der Waals surface area contributed by atoms with Gasteiger partial charge in [0.05, 0.1) is 28.4 Å². The van der Waals surface area contributed by atoms with E-state index in [0.29, 0.717) is 17.4 Å². The quantitative estimate of drug-likeness (QED) is 0.567. The van der Waals surface area contributed by atoms with Gasteiger partial charge in [-0.25, -0.2) is 4.98 Å². The van der Waals surface area contributed by atoms with Gasteiger partial charge >= 0.3 is 0 Å². The van der Waals surface area contributed by atoms with Gasteiger partial charge < -0.3 is 9.64 Å². The summed E-state index contributed by atoms with van der Waals surface area (Å²) in [5.74, 6) is -0.424. The fourth-order valence-electron chi connectivity index (χ4n) is 3.45. The lowest BCUT2D eigenvalue weighted by Crippen LogP contribution is -2.44. The van der Waals surface area contributed by atoms with Crippen molar-refractivity contribution in [2.24, 2.45) is 0 Å². The molecule has 0 spiro atoms. The third-order valence-corrected chi connectivity index (χ3v) is 5.38. The van der Waals surface area contributed by atoms with Crippen molar-refractivity contribution in [1.82, 2.24) is 9.88 Å². The number of nitrogens with one attached hydrogen (secondary N) is 1. The Kier molecular flexibility index (Phi) is 6.46. The molecule has 3 rings (SSSR count). The van der Waals surface area contributed by atoms with Crippen LogP contribution in [0.15, 0.2) is 23.6 Å². The topological polar surface area (TPSA) is 101 Å². The summed E-state index contributed by atoms with van der Waals surface area (Å²) >= 11 is 1.34. The van der Waals surface area contributed by atoms with Gasteiger partial charge in [-0.1, -0.05) is 0 Å². The molecule has 1 amide bonds. The second-order valence-electron chi connectivity index (χ2n) is 7.40. The molecule has 0 bridgehead atoms. The summed E-state index contributed by atoms with van der Waals surface area (Å²) in [4.78, 5) is 31.9. The summed E-state index contributed by atoms with van der Waals surface area (Å²) in [5, 5.41) is 16.2. The number of thiazole rings is 1. The second kappa shape index (κ2) is 8.85.